The monoisotopic (exact) mass is 355 g/mol. The highest BCUT2D eigenvalue weighted by Crippen LogP contribution is 2.13. The molecule has 0 rings (SSSR count). The van der Waals surface area contributed by atoms with Crippen LogP contribution in [0.25, 0.3) is 0 Å². The first-order chi connectivity index (χ1) is 12.3. The molecule has 0 aliphatic heterocycles. The number of carbonyl (C=O) groups excluding carboxylic acids is 2. The molecule has 0 N–H and O–H groups in total. The van der Waals surface area contributed by atoms with Gasteiger partial charge in [-0.25, -0.2) is 9.59 Å². The van der Waals surface area contributed by atoms with E-state index < -0.39 is 5.97 Å². The lowest BCUT2D eigenvalue weighted by molar-refractivity contribution is -0.146. The van der Waals surface area contributed by atoms with Crippen LogP contribution in [0.4, 0.5) is 0 Å². The summed E-state index contributed by atoms with van der Waals surface area (Å²) in [5.41, 5.74) is 0. The van der Waals surface area contributed by atoms with Gasteiger partial charge in [-0.2, -0.15) is 0 Å². The van der Waals surface area contributed by atoms with Crippen molar-refractivity contribution >= 4 is 12.4 Å². The molecule has 25 heavy (non-hydrogen) atoms. The van der Waals surface area contributed by atoms with Gasteiger partial charge in [0.05, 0.1) is 6.61 Å². The van der Waals surface area contributed by atoms with Gasteiger partial charge in [-0.15, -0.1) is 0 Å². The molecule has 0 saturated carbocycles. The molecule has 0 atom stereocenters. The van der Waals surface area contributed by atoms with Gasteiger partial charge in [0, 0.05) is 0 Å². The van der Waals surface area contributed by atoms with Gasteiger partial charge in [-0.3, -0.25) is 0 Å². The average molecular weight is 356 g/mol. The topological polar surface area (TPSA) is 52.6 Å². The lowest BCUT2D eigenvalue weighted by atomic mass is 10.0. The van der Waals surface area contributed by atoms with E-state index in [4.69, 9.17) is 4.74 Å². The second-order valence-corrected chi connectivity index (χ2v) is 6.90. The Hall–Kier alpha value is -1.06. The van der Waals surface area contributed by atoms with Crippen molar-refractivity contribution in [3.8, 4) is 0 Å². The van der Waals surface area contributed by atoms with Crippen molar-refractivity contribution in [1.82, 2.24) is 0 Å². The van der Waals surface area contributed by atoms with E-state index >= 15 is 0 Å². The highest BCUT2D eigenvalue weighted by molar-refractivity contribution is 5.71. The molecule has 0 spiro atoms. The Kier molecular flexibility index (Phi) is 20.1. The SMILES string of the molecule is CCCCCCCCCCCCCCCCCCOC(=O)CO[C]=O. The van der Waals surface area contributed by atoms with Crippen LogP contribution in [-0.2, 0) is 19.1 Å². The Morgan fingerprint density at radius 3 is 1.48 bits per heavy atom. The highest BCUT2D eigenvalue weighted by Gasteiger charge is 2.02. The van der Waals surface area contributed by atoms with Crippen molar-refractivity contribution in [3.05, 3.63) is 0 Å². The Bertz CT molecular complexity index is 292. The summed E-state index contributed by atoms with van der Waals surface area (Å²) in [5.74, 6) is -0.496. The van der Waals surface area contributed by atoms with Crippen LogP contribution in [-0.4, -0.2) is 25.7 Å². The molecule has 1 radical (unpaired) electrons. The van der Waals surface area contributed by atoms with Crippen LogP contribution in [0.5, 0.6) is 0 Å². The molecule has 0 aliphatic carbocycles. The van der Waals surface area contributed by atoms with E-state index in [1.165, 1.54) is 96.4 Å². The van der Waals surface area contributed by atoms with Crippen LogP contribution in [0.1, 0.15) is 110 Å². The second-order valence-electron chi connectivity index (χ2n) is 6.90. The van der Waals surface area contributed by atoms with E-state index in [9.17, 15) is 9.59 Å². The number of esters is 1. The largest absolute Gasteiger partial charge is 0.463 e. The van der Waals surface area contributed by atoms with Gasteiger partial charge >= 0.3 is 12.4 Å². The normalized spacial score (nSPS) is 10.6. The molecule has 4 nitrogen and oxygen atoms in total. The highest BCUT2D eigenvalue weighted by atomic mass is 16.6. The first-order valence-corrected chi connectivity index (χ1v) is 10.5. The lowest BCUT2D eigenvalue weighted by Gasteiger charge is -2.04. The minimum absolute atomic E-state index is 0.331. The Morgan fingerprint density at radius 2 is 1.08 bits per heavy atom. The fraction of sp³-hybridized carbons (Fsp3) is 0.905. The molecule has 0 aromatic rings. The van der Waals surface area contributed by atoms with E-state index in [0.717, 1.165) is 12.8 Å². The van der Waals surface area contributed by atoms with E-state index in [1.54, 1.807) is 0 Å². The van der Waals surface area contributed by atoms with Gasteiger partial charge in [-0.1, -0.05) is 103 Å². The number of hydrogen-bond acceptors (Lipinski definition) is 4. The van der Waals surface area contributed by atoms with Gasteiger partial charge in [0.15, 0.2) is 6.61 Å². The van der Waals surface area contributed by atoms with Gasteiger partial charge in [-0.05, 0) is 6.42 Å². The van der Waals surface area contributed by atoms with Crippen LogP contribution in [0, 0.1) is 0 Å². The van der Waals surface area contributed by atoms with E-state index in [2.05, 4.69) is 11.7 Å². The van der Waals surface area contributed by atoms with Crippen LogP contribution in [0.2, 0.25) is 0 Å². The predicted octanol–water partition coefficient (Wildman–Crippen LogP) is 5.87. The molecule has 0 heterocycles. The van der Waals surface area contributed by atoms with E-state index in [0.29, 0.717) is 6.61 Å². The van der Waals surface area contributed by atoms with Crippen LogP contribution in [0.3, 0.4) is 0 Å². The number of rotatable bonds is 20. The quantitative estimate of drug-likeness (QED) is 0.202. The number of hydrogen-bond donors (Lipinski definition) is 0. The summed E-state index contributed by atoms with van der Waals surface area (Å²) in [6.45, 7) is 3.56. The molecule has 0 bridgehead atoms. The standard InChI is InChI=1S/C21H39O4/c1-2-3-4-5-6-7-8-9-10-11-12-13-14-15-16-17-18-25-21(23)19-24-20-22/h2-19H2,1H3. The van der Waals surface area contributed by atoms with Crippen molar-refractivity contribution in [2.24, 2.45) is 0 Å². The smallest absolute Gasteiger partial charge is 0.418 e. The van der Waals surface area contributed by atoms with E-state index in [1.807, 2.05) is 0 Å². The van der Waals surface area contributed by atoms with Gasteiger partial charge in [0.2, 0.25) is 0 Å². The average Bonchev–Trinajstić information content (AvgIpc) is 2.62. The summed E-state index contributed by atoms with van der Waals surface area (Å²) < 4.78 is 9.12. The molecule has 0 unspecified atom stereocenters. The zero-order chi connectivity index (χ0) is 18.4. The van der Waals surface area contributed by atoms with Crippen LogP contribution < -0.4 is 0 Å². The second kappa shape index (κ2) is 21.0. The zero-order valence-electron chi connectivity index (χ0n) is 16.4. The number of unbranched alkanes of at least 4 members (excludes halogenated alkanes) is 15. The fourth-order valence-corrected chi connectivity index (χ4v) is 2.97. The molecule has 0 aromatic carbocycles. The molecular weight excluding hydrogens is 316 g/mol. The third-order valence-corrected chi connectivity index (χ3v) is 4.51. The van der Waals surface area contributed by atoms with Crippen molar-refractivity contribution in [1.29, 1.82) is 0 Å². The molecule has 0 aromatic heterocycles. The summed E-state index contributed by atoms with van der Waals surface area (Å²) in [6.07, 6.45) is 21.2. The Morgan fingerprint density at radius 1 is 0.680 bits per heavy atom. The van der Waals surface area contributed by atoms with Gasteiger partial charge < -0.3 is 9.47 Å². The molecule has 0 saturated heterocycles. The number of ether oxygens (including phenoxy) is 2. The molecule has 0 amide bonds. The third-order valence-electron chi connectivity index (χ3n) is 4.51. The first-order valence-electron chi connectivity index (χ1n) is 10.5. The van der Waals surface area contributed by atoms with Gasteiger partial charge in [0.25, 0.3) is 0 Å². The third kappa shape index (κ3) is 20.9. The number of carbonyl (C=O) groups is 1. The van der Waals surface area contributed by atoms with Gasteiger partial charge in [0.1, 0.15) is 0 Å². The summed E-state index contributed by atoms with van der Waals surface area (Å²) in [5, 5.41) is 0. The maximum absolute atomic E-state index is 11.0. The molecule has 147 valence electrons. The molecule has 0 fully saturated rings. The zero-order valence-corrected chi connectivity index (χ0v) is 16.4. The van der Waals surface area contributed by atoms with Crippen molar-refractivity contribution in [3.63, 3.8) is 0 Å². The van der Waals surface area contributed by atoms with Crippen LogP contribution >= 0.6 is 0 Å². The summed E-state index contributed by atoms with van der Waals surface area (Å²) in [7, 11) is 0. The van der Waals surface area contributed by atoms with Crippen molar-refractivity contribution in [2.45, 2.75) is 110 Å². The predicted molar refractivity (Wildman–Crippen MR) is 102 cm³/mol. The summed E-state index contributed by atoms with van der Waals surface area (Å²) >= 11 is 0. The molecule has 4 heteroatoms. The van der Waals surface area contributed by atoms with E-state index in [-0.39, 0.29) is 6.61 Å². The maximum Gasteiger partial charge on any atom is 0.418 e. The van der Waals surface area contributed by atoms with Crippen LogP contribution in [0.15, 0.2) is 0 Å². The summed E-state index contributed by atoms with van der Waals surface area (Å²) in [6, 6.07) is 0. The van der Waals surface area contributed by atoms with Crippen molar-refractivity contribution < 1.29 is 19.1 Å². The lowest BCUT2D eigenvalue weighted by Crippen LogP contribution is -2.12. The minimum Gasteiger partial charge on any atom is -0.463 e. The maximum atomic E-state index is 11.0. The minimum atomic E-state index is -0.496. The Labute approximate surface area is 155 Å². The molecular formula is C21H39O4. The Balaban J connectivity index is 3.05. The molecule has 0 aliphatic rings. The fourth-order valence-electron chi connectivity index (χ4n) is 2.97. The first kappa shape index (κ1) is 23.9. The van der Waals surface area contributed by atoms with Crippen molar-refractivity contribution in [2.75, 3.05) is 13.2 Å². The summed E-state index contributed by atoms with van der Waals surface area (Å²) in [4.78, 5) is 20.8.